The summed E-state index contributed by atoms with van der Waals surface area (Å²) in [5.41, 5.74) is 0. The van der Waals surface area contributed by atoms with Gasteiger partial charge in [-0.25, -0.2) is 0 Å². The topological polar surface area (TPSA) is 49.4 Å². The normalized spacial score (nSPS) is 24.2. The van der Waals surface area contributed by atoms with Crippen LogP contribution in [0.25, 0.3) is 0 Å². The van der Waals surface area contributed by atoms with Crippen molar-refractivity contribution in [3.05, 3.63) is 0 Å². The maximum atomic E-state index is 11.7. The van der Waals surface area contributed by atoms with Gasteiger partial charge in [0.2, 0.25) is 11.8 Å². The van der Waals surface area contributed by atoms with Crippen LogP contribution in [0, 0.1) is 5.92 Å². The second-order valence-corrected chi connectivity index (χ2v) is 5.26. The Labute approximate surface area is 103 Å². The van der Waals surface area contributed by atoms with E-state index < -0.39 is 0 Å². The molecule has 0 radical (unpaired) electrons. The van der Waals surface area contributed by atoms with Crippen LogP contribution in [0.1, 0.15) is 45.4 Å². The van der Waals surface area contributed by atoms with E-state index in [1.54, 1.807) is 0 Å². The lowest BCUT2D eigenvalue weighted by Gasteiger charge is -2.15. The van der Waals surface area contributed by atoms with Crippen LogP contribution in [-0.2, 0) is 9.59 Å². The molecule has 0 bridgehead atoms. The van der Waals surface area contributed by atoms with E-state index in [9.17, 15) is 9.59 Å². The maximum absolute atomic E-state index is 11.7. The van der Waals surface area contributed by atoms with Gasteiger partial charge in [0.15, 0.2) is 0 Å². The van der Waals surface area contributed by atoms with Gasteiger partial charge in [-0.15, -0.1) is 0 Å². The van der Waals surface area contributed by atoms with Crippen LogP contribution >= 0.6 is 0 Å². The molecule has 1 saturated carbocycles. The molecular weight excluding hydrogens is 216 g/mol. The van der Waals surface area contributed by atoms with Crippen LogP contribution in [0.3, 0.4) is 0 Å². The SMILES string of the molecule is CCCCC(=O)NCC1CC(=O)N(C2CC2)C1. The second-order valence-electron chi connectivity index (χ2n) is 5.26. The summed E-state index contributed by atoms with van der Waals surface area (Å²) in [4.78, 5) is 25.2. The lowest BCUT2D eigenvalue weighted by molar-refractivity contribution is -0.128. The fourth-order valence-corrected chi connectivity index (χ4v) is 2.37. The molecule has 1 saturated heterocycles. The van der Waals surface area contributed by atoms with Crippen molar-refractivity contribution in [3.8, 4) is 0 Å². The monoisotopic (exact) mass is 238 g/mol. The number of hydrogen-bond acceptors (Lipinski definition) is 2. The zero-order chi connectivity index (χ0) is 12.3. The highest BCUT2D eigenvalue weighted by molar-refractivity contribution is 5.80. The molecule has 0 aromatic heterocycles. The smallest absolute Gasteiger partial charge is 0.223 e. The van der Waals surface area contributed by atoms with Crippen LogP contribution < -0.4 is 5.32 Å². The Bertz CT molecular complexity index is 300. The minimum Gasteiger partial charge on any atom is -0.356 e. The molecule has 0 aromatic carbocycles. The highest BCUT2D eigenvalue weighted by Crippen LogP contribution is 2.32. The first-order valence-corrected chi connectivity index (χ1v) is 6.77. The largest absolute Gasteiger partial charge is 0.356 e. The molecular formula is C13H22N2O2. The van der Waals surface area contributed by atoms with Gasteiger partial charge in [0.05, 0.1) is 0 Å². The van der Waals surface area contributed by atoms with Gasteiger partial charge in [-0.2, -0.15) is 0 Å². The van der Waals surface area contributed by atoms with E-state index in [1.165, 1.54) is 12.8 Å². The molecule has 1 atom stereocenters. The average molecular weight is 238 g/mol. The molecule has 0 spiro atoms. The predicted octanol–water partition coefficient (Wildman–Crippen LogP) is 1.30. The fraction of sp³-hybridized carbons (Fsp3) is 0.846. The molecule has 1 aliphatic carbocycles. The molecule has 96 valence electrons. The number of likely N-dealkylation sites (tertiary alicyclic amines) is 1. The molecule has 0 aromatic rings. The number of rotatable bonds is 6. The van der Waals surface area contributed by atoms with Gasteiger partial charge in [0.25, 0.3) is 0 Å². The Hall–Kier alpha value is -1.06. The number of nitrogens with one attached hydrogen (secondary N) is 1. The Kier molecular flexibility index (Phi) is 4.02. The highest BCUT2D eigenvalue weighted by atomic mass is 16.2. The van der Waals surface area contributed by atoms with Crippen molar-refractivity contribution < 1.29 is 9.59 Å². The van der Waals surface area contributed by atoms with E-state index in [0.29, 0.717) is 31.3 Å². The van der Waals surface area contributed by atoms with E-state index in [4.69, 9.17) is 0 Å². The first-order chi connectivity index (χ1) is 8.20. The summed E-state index contributed by atoms with van der Waals surface area (Å²) < 4.78 is 0. The van der Waals surface area contributed by atoms with Crippen molar-refractivity contribution in [1.82, 2.24) is 10.2 Å². The van der Waals surface area contributed by atoms with Gasteiger partial charge in [-0.1, -0.05) is 13.3 Å². The van der Waals surface area contributed by atoms with Crippen LogP contribution in [0.15, 0.2) is 0 Å². The van der Waals surface area contributed by atoms with Crippen LogP contribution in [0.4, 0.5) is 0 Å². The van der Waals surface area contributed by atoms with E-state index >= 15 is 0 Å². The summed E-state index contributed by atoms with van der Waals surface area (Å²) >= 11 is 0. The van der Waals surface area contributed by atoms with Crippen LogP contribution in [-0.4, -0.2) is 35.8 Å². The summed E-state index contributed by atoms with van der Waals surface area (Å²) in [6.07, 6.45) is 5.56. The van der Waals surface area contributed by atoms with E-state index in [2.05, 4.69) is 12.2 Å². The van der Waals surface area contributed by atoms with Crippen molar-refractivity contribution in [2.24, 2.45) is 5.92 Å². The van der Waals surface area contributed by atoms with E-state index in [1.807, 2.05) is 4.90 Å². The van der Waals surface area contributed by atoms with E-state index in [0.717, 1.165) is 19.4 Å². The molecule has 1 aliphatic heterocycles. The summed E-state index contributed by atoms with van der Waals surface area (Å²) in [6.45, 7) is 3.59. The Morgan fingerprint density at radius 1 is 1.47 bits per heavy atom. The van der Waals surface area contributed by atoms with Crippen molar-refractivity contribution >= 4 is 11.8 Å². The lowest BCUT2D eigenvalue weighted by atomic mass is 10.1. The molecule has 1 heterocycles. The number of unbranched alkanes of at least 4 members (excludes halogenated alkanes) is 1. The fourth-order valence-electron chi connectivity index (χ4n) is 2.37. The number of carbonyl (C=O) groups is 2. The van der Waals surface area contributed by atoms with Crippen LogP contribution in [0.5, 0.6) is 0 Å². The summed E-state index contributed by atoms with van der Waals surface area (Å²) in [7, 11) is 0. The summed E-state index contributed by atoms with van der Waals surface area (Å²) in [5, 5.41) is 2.94. The van der Waals surface area contributed by atoms with Gasteiger partial charge < -0.3 is 10.2 Å². The van der Waals surface area contributed by atoms with E-state index in [-0.39, 0.29) is 11.8 Å². The van der Waals surface area contributed by atoms with Crippen LogP contribution in [0.2, 0.25) is 0 Å². The highest BCUT2D eigenvalue weighted by Gasteiger charge is 2.39. The Morgan fingerprint density at radius 3 is 2.88 bits per heavy atom. The third kappa shape index (κ3) is 3.45. The maximum Gasteiger partial charge on any atom is 0.223 e. The molecule has 4 heteroatoms. The minimum absolute atomic E-state index is 0.129. The second kappa shape index (κ2) is 5.52. The Balaban J connectivity index is 1.66. The lowest BCUT2D eigenvalue weighted by Crippen LogP contribution is -2.31. The zero-order valence-corrected chi connectivity index (χ0v) is 10.6. The van der Waals surface area contributed by atoms with Gasteiger partial charge >= 0.3 is 0 Å². The number of nitrogens with zero attached hydrogens (tertiary/aromatic N) is 1. The zero-order valence-electron chi connectivity index (χ0n) is 10.6. The number of hydrogen-bond donors (Lipinski definition) is 1. The number of carbonyl (C=O) groups excluding carboxylic acids is 2. The first kappa shape index (κ1) is 12.4. The van der Waals surface area contributed by atoms with Gasteiger partial charge in [-0.05, 0) is 19.3 Å². The molecule has 2 amide bonds. The van der Waals surface area contributed by atoms with Gasteiger partial charge in [0, 0.05) is 37.9 Å². The van der Waals surface area contributed by atoms with Crippen molar-refractivity contribution in [2.75, 3.05) is 13.1 Å². The molecule has 1 unspecified atom stereocenters. The Morgan fingerprint density at radius 2 is 2.24 bits per heavy atom. The first-order valence-electron chi connectivity index (χ1n) is 6.77. The average Bonchev–Trinajstić information content (AvgIpc) is 3.08. The summed E-state index contributed by atoms with van der Waals surface area (Å²) in [5.74, 6) is 0.734. The van der Waals surface area contributed by atoms with Gasteiger partial charge in [-0.3, -0.25) is 9.59 Å². The molecule has 2 rings (SSSR count). The minimum atomic E-state index is 0.129. The van der Waals surface area contributed by atoms with Crippen molar-refractivity contribution in [1.29, 1.82) is 0 Å². The third-order valence-electron chi connectivity index (χ3n) is 3.57. The molecule has 2 aliphatic rings. The molecule has 4 nitrogen and oxygen atoms in total. The quantitative estimate of drug-likeness (QED) is 0.758. The number of amides is 2. The third-order valence-corrected chi connectivity index (χ3v) is 3.57. The molecule has 1 N–H and O–H groups in total. The summed E-state index contributed by atoms with van der Waals surface area (Å²) in [6, 6.07) is 0.517. The predicted molar refractivity (Wildman–Crippen MR) is 65.4 cm³/mol. The van der Waals surface area contributed by atoms with Crippen molar-refractivity contribution in [3.63, 3.8) is 0 Å². The van der Waals surface area contributed by atoms with Gasteiger partial charge in [0.1, 0.15) is 0 Å². The molecule has 2 fully saturated rings. The standard InChI is InChI=1S/C13H22N2O2/c1-2-3-4-12(16)14-8-10-7-13(17)15(9-10)11-5-6-11/h10-11H,2-9H2,1H3,(H,14,16). The van der Waals surface area contributed by atoms with Crippen molar-refractivity contribution in [2.45, 2.75) is 51.5 Å². The molecule has 17 heavy (non-hydrogen) atoms.